The lowest BCUT2D eigenvalue weighted by atomic mass is 10.2. The molecule has 0 atom stereocenters. The molecule has 1 aliphatic rings. The molecule has 3 aromatic rings. The first-order valence-corrected chi connectivity index (χ1v) is 11.5. The maximum atomic E-state index is 13.1. The highest BCUT2D eigenvalue weighted by Crippen LogP contribution is 2.25. The number of ether oxygens (including phenoxy) is 1. The van der Waals surface area contributed by atoms with Gasteiger partial charge in [-0.1, -0.05) is 0 Å². The molecule has 1 aliphatic heterocycles. The lowest BCUT2D eigenvalue weighted by Gasteiger charge is -2.36. The van der Waals surface area contributed by atoms with Crippen molar-refractivity contribution in [3.63, 3.8) is 0 Å². The van der Waals surface area contributed by atoms with Gasteiger partial charge in [0.15, 0.2) is 6.61 Å². The first-order valence-electron chi connectivity index (χ1n) is 10.7. The predicted octanol–water partition coefficient (Wildman–Crippen LogP) is 2.50. The highest BCUT2D eigenvalue weighted by atomic mass is 32.1. The number of esters is 1. The molecule has 0 unspecified atom stereocenters. The van der Waals surface area contributed by atoms with E-state index in [9.17, 15) is 18.8 Å². The summed E-state index contributed by atoms with van der Waals surface area (Å²) in [6.07, 6.45) is 1.42. The molecule has 0 N–H and O–H groups in total. The van der Waals surface area contributed by atoms with Crippen LogP contribution in [-0.2, 0) is 20.9 Å². The molecule has 8 nitrogen and oxygen atoms in total. The van der Waals surface area contributed by atoms with E-state index in [1.807, 2.05) is 13.8 Å². The minimum atomic E-state index is -0.543. The average molecular weight is 473 g/mol. The van der Waals surface area contributed by atoms with E-state index < -0.39 is 5.97 Å². The largest absolute Gasteiger partial charge is 0.456 e. The van der Waals surface area contributed by atoms with Crippen molar-refractivity contribution in [1.82, 2.24) is 14.5 Å². The molecule has 1 saturated heterocycles. The van der Waals surface area contributed by atoms with Crippen molar-refractivity contribution in [2.75, 3.05) is 37.7 Å². The van der Waals surface area contributed by atoms with Crippen LogP contribution in [0.15, 0.2) is 35.4 Å². The van der Waals surface area contributed by atoms with Gasteiger partial charge in [0.1, 0.15) is 10.6 Å². The van der Waals surface area contributed by atoms with Crippen LogP contribution in [0.4, 0.5) is 10.1 Å². The van der Waals surface area contributed by atoms with E-state index in [-0.39, 0.29) is 36.9 Å². The molecule has 3 heterocycles. The fraction of sp³-hybridized carbons (Fsp3) is 0.391. The average Bonchev–Trinajstić information content (AvgIpc) is 3.11. The Balaban J connectivity index is 1.24. The van der Waals surface area contributed by atoms with Crippen LogP contribution < -0.4 is 10.5 Å². The number of aryl methyl sites for hydroxylation is 3. The van der Waals surface area contributed by atoms with Crippen LogP contribution in [0, 0.1) is 19.7 Å². The topological polar surface area (TPSA) is 84.7 Å². The summed E-state index contributed by atoms with van der Waals surface area (Å²) >= 11 is 1.47. The number of piperazine rings is 1. The second kappa shape index (κ2) is 9.70. The van der Waals surface area contributed by atoms with Crippen molar-refractivity contribution >= 4 is 39.1 Å². The van der Waals surface area contributed by atoms with Crippen molar-refractivity contribution in [1.29, 1.82) is 0 Å². The highest BCUT2D eigenvalue weighted by Gasteiger charge is 2.22. The minimum Gasteiger partial charge on any atom is -0.456 e. The van der Waals surface area contributed by atoms with Gasteiger partial charge in [0.2, 0.25) is 0 Å². The van der Waals surface area contributed by atoms with Gasteiger partial charge in [0.05, 0.1) is 18.1 Å². The zero-order valence-electron chi connectivity index (χ0n) is 18.5. The van der Waals surface area contributed by atoms with E-state index >= 15 is 0 Å². The molecule has 33 heavy (non-hydrogen) atoms. The Morgan fingerprint density at radius 3 is 2.52 bits per heavy atom. The van der Waals surface area contributed by atoms with Crippen LogP contribution in [0.5, 0.6) is 0 Å². The lowest BCUT2D eigenvalue weighted by molar-refractivity contribution is -0.152. The lowest BCUT2D eigenvalue weighted by Crippen LogP contribution is -2.49. The zero-order chi connectivity index (χ0) is 23.5. The number of amides is 1. The number of carbonyl (C=O) groups excluding carboxylic acids is 2. The van der Waals surface area contributed by atoms with E-state index in [4.69, 9.17) is 4.74 Å². The zero-order valence-corrected chi connectivity index (χ0v) is 19.4. The van der Waals surface area contributed by atoms with Crippen LogP contribution in [0.2, 0.25) is 0 Å². The SMILES string of the molecule is Cc1sc2ncn(CCC(=O)OCC(=O)N3CCN(c4ccc(F)cc4)CC3)c(=O)c2c1C. The third-order valence-electron chi connectivity index (χ3n) is 5.89. The molecule has 0 bridgehead atoms. The van der Waals surface area contributed by atoms with Gasteiger partial charge in [-0.25, -0.2) is 9.37 Å². The molecule has 0 saturated carbocycles. The van der Waals surface area contributed by atoms with Crippen molar-refractivity contribution < 1.29 is 18.7 Å². The first-order chi connectivity index (χ1) is 15.8. The molecule has 4 rings (SSSR count). The Morgan fingerprint density at radius 2 is 1.82 bits per heavy atom. The van der Waals surface area contributed by atoms with E-state index in [0.717, 1.165) is 16.1 Å². The molecule has 1 aromatic carbocycles. The van der Waals surface area contributed by atoms with E-state index in [1.54, 1.807) is 17.0 Å². The van der Waals surface area contributed by atoms with Gasteiger partial charge in [-0.05, 0) is 43.7 Å². The predicted molar refractivity (Wildman–Crippen MR) is 124 cm³/mol. The van der Waals surface area contributed by atoms with Crippen molar-refractivity contribution in [3.8, 4) is 0 Å². The number of nitrogens with zero attached hydrogens (tertiary/aromatic N) is 4. The first kappa shape index (κ1) is 22.9. The number of hydrogen-bond acceptors (Lipinski definition) is 7. The molecular weight excluding hydrogens is 447 g/mol. The van der Waals surface area contributed by atoms with Crippen LogP contribution in [0.3, 0.4) is 0 Å². The maximum Gasteiger partial charge on any atom is 0.308 e. The number of thiophene rings is 1. The molecule has 1 amide bonds. The summed E-state index contributed by atoms with van der Waals surface area (Å²) in [6.45, 7) is 5.87. The number of halogens is 1. The Hall–Kier alpha value is -3.27. The summed E-state index contributed by atoms with van der Waals surface area (Å²) in [7, 11) is 0. The number of carbonyl (C=O) groups is 2. The summed E-state index contributed by atoms with van der Waals surface area (Å²) in [6, 6.07) is 6.26. The number of anilines is 1. The van der Waals surface area contributed by atoms with Gasteiger partial charge in [-0.3, -0.25) is 19.0 Å². The second-order valence-corrected chi connectivity index (χ2v) is 9.16. The van der Waals surface area contributed by atoms with E-state index in [1.165, 1.54) is 34.4 Å². The molecule has 1 fully saturated rings. The van der Waals surface area contributed by atoms with Gasteiger partial charge in [-0.15, -0.1) is 11.3 Å². The fourth-order valence-corrected chi connectivity index (χ4v) is 4.80. The number of benzene rings is 1. The quantitative estimate of drug-likeness (QED) is 0.513. The molecule has 0 radical (unpaired) electrons. The molecular formula is C23H25FN4O4S. The normalized spacial score (nSPS) is 14.0. The van der Waals surface area contributed by atoms with Gasteiger partial charge in [0, 0.05) is 43.3 Å². The van der Waals surface area contributed by atoms with E-state index in [0.29, 0.717) is 36.4 Å². The summed E-state index contributed by atoms with van der Waals surface area (Å²) < 4.78 is 19.6. The number of rotatable bonds is 6. The smallest absolute Gasteiger partial charge is 0.308 e. The summed E-state index contributed by atoms with van der Waals surface area (Å²) in [5.74, 6) is -1.09. The highest BCUT2D eigenvalue weighted by molar-refractivity contribution is 7.18. The van der Waals surface area contributed by atoms with Crippen LogP contribution >= 0.6 is 11.3 Å². The van der Waals surface area contributed by atoms with E-state index in [2.05, 4.69) is 9.88 Å². The van der Waals surface area contributed by atoms with Crippen LogP contribution in [0.1, 0.15) is 16.9 Å². The summed E-state index contributed by atoms with van der Waals surface area (Å²) in [5, 5.41) is 0.586. The van der Waals surface area contributed by atoms with Gasteiger partial charge < -0.3 is 14.5 Å². The fourth-order valence-electron chi connectivity index (χ4n) is 3.81. The van der Waals surface area contributed by atoms with Crippen molar-refractivity contribution in [2.24, 2.45) is 0 Å². The van der Waals surface area contributed by atoms with Gasteiger partial charge in [-0.2, -0.15) is 0 Å². The molecule has 174 valence electrons. The standard InChI is InChI=1S/C23H25FN4O4S/c1-15-16(2)33-22-21(15)23(31)28(14-25-22)8-7-20(30)32-13-19(29)27-11-9-26(10-12-27)18-5-3-17(24)4-6-18/h3-6,14H,7-13H2,1-2H3. The monoisotopic (exact) mass is 472 g/mol. The number of hydrogen-bond donors (Lipinski definition) is 0. The minimum absolute atomic E-state index is 0.0269. The Morgan fingerprint density at radius 1 is 1.12 bits per heavy atom. The second-order valence-electron chi connectivity index (χ2n) is 7.96. The molecule has 2 aromatic heterocycles. The third kappa shape index (κ3) is 5.05. The Bertz CT molecular complexity index is 1230. The Labute approximate surface area is 194 Å². The Kier molecular flexibility index (Phi) is 6.73. The molecule has 10 heteroatoms. The maximum absolute atomic E-state index is 13.1. The van der Waals surface area contributed by atoms with Gasteiger partial charge in [0.25, 0.3) is 11.5 Å². The summed E-state index contributed by atoms with van der Waals surface area (Å²) in [4.78, 5) is 47.0. The number of fused-ring (bicyclic) bond motifs is 1. The molecule has 0 spiro atoms. The molecule has 0 aliphatic carbocycles. The third-order valence-corrected chi connectivity index (χ3v) is 7.01. The van der Waals surface area contributed by atoms with Crippen LogP contribution in [-0.4, -0.2) is 59.1 Å². The van der Waals surface area contributed by atoms with Crippen molar-refractivity contribution in [3.05, 3.63) is 57.2 Å². The van der Waals surface area contributed by atoms with Crippen molar-refractivity contribution in [2.45, 2.75) is 26.8 Å². The summed E-state index contributed by atoms with van der Waals surface area (Å²) in [5.41, 5.74) is 1.64. The van der Waals surface area contributed by atoms with Gasteiger partial charge >= 0.3 is 5.97 Å². The number of aromatic nitrogens is 2. The van der Waals surface area contributed by atoms with Crippen LogP contribution in [0.25, 0.3) is 10.2 Å².